The van der Waals surface area contributed by atoms with Crippen LogP contribution in [-0.2, 0) is 13.0 Å². The smallest absolute Gasteiger partial charge is 0.161 e. The van der Waals surface area contributed by atoms with Crippen LogP contribution in [0, 0.1) is 0 Å². The number of methoxy groups -OCH3 is 2. The van der Waals surface area contributed by atoms with Gasteiger partial charge in [-0.15, -0.1) is 0 Å². The minimum absolute atomic E-state index is 0.181. The number of hydrogen-bond donors (Lipinski definition) is 1. The molecule has 1 atom stereocenters. The number of phenols is 1. The number of rotatable bonds is 2. The van der Waals surface area contributed by atoms with E-state index in [9.17, 15) is 5.11 Å². The van der Waals surface area contributed by atoms with Gasteiger partial charge in [-0.2, -0.15) is 0 Å². The van der Waals surface area contributed by atoms with Crippen molar-refractivity contribution in [1.29, 1.82) is 0 Å². The van der Waals surface area contributed by atoms with Crippen LogP contribution in [0.15, 0.2) is 30.3 Å². The van der Waals surface area contributed by atoms with Crippen LogP contribution in [0.3, 0.4) is 0 Å². The van der Waals surface area contributed by atoms with E-state index in [-0.39, 0.29) is 5.75 Å². The number of fused-ring (bicyclic) bond motifs is 7. The molecule has 1 unspecified atom stereocenters. The summed E-state index contributed by atoms with van der Waals surface area (Å²) < 4.78 is 10.9. The maximum absolute atomic E-state index is 10.4. The molecule has 0 spiro atoms. The Hall–Kier alpha value is -2.46. The van der Waals surface area contributed by atoms with E-state index >= 15 is 0 Å². The second-order valence-electron chi connectivity index (χ2n) is 7.76. The van der Waals surface area contributed by atoms with E-state index < -0.39 is 0 Å². The first-order valence-corrected chi connectivity index (χ1v) is 9.76. The summed E-state index contributed by atoms with van der Waals surface area (Å²) in [6.07, 6.45) is 5.00. The zero-order valence-corrected chi connectivity index (χ0v) is 15.9. The number of piperidine rings is 1. The molecule has 0 saturated carbocycles. The molecule has 4 nitrogen and oxygen atoms in total. The number of hydrogen-bond acceptors (Lipinski definition) is 4. The van der Waals surface area contributed by atoms with E-state index in [0.29, 0.717) is 11.8 Å². The highest BCUT2D eigenvalue weighted by molar-refractivity contribution is 6.12. The molecule has 0 aliphatic carbocycles. The maximum Gasteiger partial charge on any atom is 0.161 e. The third-order valence-corrected chi connectivity index (χ3v) is 6.40. The number of ether oxygens (including phenoxy) is 2. The van der Waals surface area contributed by atoms with Crippen LogP contribution in [0.2, 0.25) is 0 Å². The van der Waals surface area contributed by atoms with Crippen LogP contribution in [0.5, 0.6) is 17.2 Å². The lowest BCUT2D eigenvalue weighted by Gasteiger charge is -2.41. The van der Waals surface area contributed by atoms with Gasteiger partial charge in [0.1, 0.15) is 5.75 Å². The summed E-state index contributed by atoms with van der Waals surface area (Å²) in [7, 11) is 3.31. The lowest BCUT2D eigenvalue weighted by Crippen LogP contribution is -2.43. The van der Waals surface area contributed by atoms with Crippen molar-refractivity contribution in [3.8, 4) is 17.2 Å². The molecule has 2 aliphatic rings. The van der Waals surface area contributed by atoms with Gasteiger partial charge in [0.05, 0.1) is 14.2 Å². The molecule has 140 valence electrons. The summed E-state index contributed by atoms with van der Waals surface area (Å²) in [5.41, 5.74) is 2.84. The highest BCUT2D eigenvalue weighted by Gasteiger charge is 2.31. The first-order chi connectivity index (χ1) is 13.2. The van der Waals surface area contributed by atoms with Gasteiger partial charge in [-0.3, -0.25) is 4.90 Å². The lowest BCUT2D eigenvalue weighted by molar-refractivity contribution is 0.128. The van der Waals surface area contributed by atoms with Crippen molar-refractivity contribution in [1.82, 2.24) is 4.90 Å². The van der Waals surface area contributed by atoms with Gasteiger partial charge in [0.15, 0.2) is 11.5 Å². The summed E-state index contributed by atoms with van der Waals surface area (Å²) in [6.45, 7) is 2.16. The normalized spacial score (nSPS) is 19.7. The van der Waals surface area contributed by atoms with E-state index in [1.807, 2.05) is 18.2 Å². The van der Waals surface area contributed by atoms with Crippen LogP contribution < -0.4 is 9.47 Å². The minimum atomic E-state index is 0.181. The Balaban J connectivity index is 1.85. The highest BCUT2D eigenvalue weighted by Crippen LogP contribution is 2.43. The zero-order valence-electron chi connectivity index (χ0n) is 15.9. The molecule has 27 heavy (non-hydrogen) atoms. The zero-order chi connectivity index (χ0) is 18.5. The molecule has 2 heterocycles. The molecule has 4 heteroatoms. The summed E-state index contributed by atoms with van der Waals surface area (Å²) >= 11 is 0. The lowest BCUT2D eigenvalue weighted by atomic mass is 9.82. The number of phenolic OH excluding ortho intramolecular Hbond substituents is 1. The van der Waals surface area contributed by atoms with Gasteiger partial charge in [0.25, 0.3) is 0 Å². The molecular formula is C23H25NO3. The summed E-state index contributed by atoms with van der Waals surface area (Å²) in [6, 6.07) is 10.8. The third kappa shape index (κ3) is 2.54. The quantitative estimate of drug-likeness (QED) is 0.674. The molecule has 0 aromatic heterocycles. The Bertz CT molecular complexity index is 1040. The van der Waals surface area contributed by atoms with E-state index in [2.05, 4.69) is 17.0 Å². The number of aromatic hydroxyl groups is 1. The largest absolute Gasteiger partial charge is 0.504 e. The van der Waals surface area contributed by atoms with Gasteiger partial charge < -0.3 is 14.6 Å². The minimum Gasteiger partial charge on any atom is -0.504 e. The van der Waals surface area contributed by atoms with Crippen LogP contribution in [0.1, 0.15) is 30.4 Å². The van der Waals surface area contributed by atoms with Crippen molar-refractivity contribution in [2.75, 3.05) is 20.8 Å². The Labute approximate surface area is 159 Å². The average molecular weight is 363 g/mol. The molecule has 1 saturated heterocycles. The summed E-state index contributed by atoms with van der Waals surface area (Å²) in [4.78, 5) is 2.64. The monoisotopic (exact) mass is 363 g/mol. The topological polar surface area (TPSA) is 41.9 Å². The SMILES string of the molecule is COc1ccc2c3c(c4cc(OC)c(O)cc4c2c1)CN1CCCCC1C3. The standard InChI is InChI=1S/C23H25NO3/c1-26-15-6-7-16-17-9-14-5-3-4-8-24(14)13-21(17)20-12-23(27-2)22(25)11-19(20)18(16)10-15/h6-7,10-12,14,25H,3-5,8-9,13H2,1-2H3. The van der Waals surface area contributed by atoms with Crippen LogP contribution >= 0.6 is 0 Å². The first kappa shape index (κ1) is 16.7. The van der Waals surface area contributed by atoms with Crippen LogP contribution in [0.4, 0.5) is 0 Å². The Morgan fingerprint density at radius 2 is 1.78 bits per heavy atom. The maximum atomic E-state index is 10.4. The van der Waals surface area contributed by atoms with Crippen molar-refractivity contribution >= 4 is 21.5 Å². The fourth-order valence-electron chi connectivity index (χ4n) is 5.02. The van der Waals surface area contributed by atoms with E-state index in [1.165, 1.54) is 47.7 Å². The molecule has 5 rings (SSSR count). The third-order valence-electron chi connectivity index (χ3n) is 6.40. The molecule has 2 aliphatic heterocycles. The highest BCUT2D eigenvalue weighted by atomic mass is 16.5. The molecule has 1 fully saturated rings. The second-order valence-corrected chi connectivity index (χ2v) is 7.76. The molecule has 1 N–H and O–H groups in total. The van der Waals surface area contributed by atoms with Gasteiger partial charge in [-0.05, 0) is 82.7 Å². The van der Waals surface area contributed by atoms with Crippen molar-refractivity contribution in [3.63, 3.8) is 0 Å². The van der Waals surface area contributed by atoms with Crippen LogP contribution in [0.25, 0.3) is 21.5 Å². The van der Waals surface area contributed by atoms with Gasteiger partial charge in [0, 0.05) is 12.6 Å². The van der Waals surface area contributed by atoms with Crippen molar-refractivity contribution in [2.24, 2.45) is 0 Å². The molecule has 0 amide bonds. The van der Waals surface area contributed by atoms with E-state index in [1.54, 1.807) is 14.2 Å². The van der Waals surface area contributed by atoms with Gasteiger partial charge >= 0.3 is 0 Å². The van der Waals surface area contributed by atoms with Crippen molar-refractivity contribution in [3.05, 3.63) is 41.5 Å². The van der Waals surface area contributed by atoms with E-state index in [4.69, 9.17) is 9.47 Å². The van der Waals surface area contributed by atoms with Crippen molar-refractivity contribution in [2.45, 2.75) is 38.3 Å². The first-order valence-electron chi connectivity index (χ1n) is 9.76. The second kappa shape index (κ2) is 6.31. The molecule has 3 aromatic carbocycles. The summed E-state index contributed by atoms with van der Waals surface area (Å²) in [5.74, 6) is 1.56. The Kier molecular flexibility index (Phi) is 3.90. The van der Waals surface area contributed by atoms with Gasteiger partial charge in [-0.25, -0.2) is 0 Å². The molecular weight excluding hydrogens is 338 g/mol. The van der Waals surface area contributed by atoms with Crippen molar-refractivity contribution < 1.29 is 14.6 Å². The van der Waals surface area contributed by atoms with E-state index in [0.717, 1.165) is 29.5 Å². The Morgan fingerprint density at radius 3 is 2.59 bits per heavy atom. The predicted molar refractivity (Wildman–Crippen MR) is 108 cm³/mol. The predicted octanol–water partition coefficient (Wildman–Crippen LogP) is 4.63. The summed E-state index contributed by atoms with van der Waals surface area (Å²) in [5, 5.41) is 15.1. The van der Waals surface area contributed by atoms with Gasteiger partial charge in [-0.1, -0.05) is 12.5 Å². The fourth-order valence-corrected chi connectivity index (χ4v) is 5.02. The van der Waals surface area contributed by atoms with Crippen LogP contribution in [-0.4, -0.2) is 36.8 Å². The molecule has 3 aromatic rings. The fraction of sp³-hybridized carbons (Fsp3) is 0.391. The molecule has 0 radical (unpaired) electrons. The number of nitrogens with zero attached hydrogens (tertiary/aromatic N) is 1. The molecule has 0 bridgehead atoms. The Morgan fingerprint density at radius 1 is 0.926 bits per heavy atom. The average Bonchev–Trinajstić information content (AvgIpc) is 2.72. The van der Waals surface area contributed by atoms with Gasteiger partial charge in [0.2, 0.25) is 0 Å². The number of benzene rings is 3.